The fourth-order valence-electron chi connectivity index (χ4n) is 1.69. The van der Waals surface area contributed by atoms with Gasteiger partial charge in [0, 0.05) is 25.1 Å². The Bertz CT molecular complexity index is 543. The van der Waals surface area contributed by atoms with Crippen molar-refractivity contribution >= 4 is 17.6 Å². The summed E-state index contributed by atoms with van der Waals surface area (Å²) in [5.74, 6) is -1.14. The molecule has 0 spiro atoms. The van der Waals surface area contributed by atoms with Gasteiger partial charge in [-0.2, -0.15) is 0 Å². The van der Waals surface area contributed by atoms with Crippen LogP contribution >= 0.6 is 0 Å². The molecule has 0 heterocycles. The van der Waals surface area contributed by atoms with E-state index >= 15 is 0 Å². The molecule has 21 heavy (non-hydrogen) atoms. The van der Waals surface area contributed by atoms with E-state index in [9.17, 15) is 19.7 Å². The predicted octanol–water partition coefficient (Wildman–Crippen LogP) is 1.59. The molecule has 0 atom stereocenters. The number of hydrogen-bond donors (Lipinski definition) is 2. The molecule has 0 unspecified atom stereocenters. The van der Waals surface area contributed by atoms with E-state index in [0.29, 0.717) is 12.8 Å². The fourth-order valence-corrected chi connectivity index (χ4v) is 1.69. The number of carboxylic acid groups (broad SMARTS) is 1. The predicted molar refractivity (Wildman–Crippen MR) is 73.5 cm³/mol. The molecule has 0 aliphatic rings. The number of benzene rings is 1. The number of rotatable bonds is 8. The molecule has 8 heteroatoms. The smallest absolute Gasteiger partial charge is 0.303 e. The van der Waals surface area contributed by atoms with Crippen LogP contribution in [0, 0.1) is 10.1 Å². The zero-order valence-corrected chi connectivity index (χ0v) is 11.5. The molecular formula is C13H16N2O6. The number of hydrogen-bond acceptors (Lipinski definition) is 5. The lowest BCUT2D eigenvalue weighted by atomic mass is 10.1. The number of carboxylic acids is 1. The minimum atomic E-state index is -0.887. The number of aliphatic carboxylic acids is 1. The standard InChI is InChI=1S/C13H16N2O6/c1-21-11-6-5-9(15(19)20)8-10(11)13(18)14-7-3-2-4-12(16)17/h5-6,8H,2-4,7H2,1H3,(H,14,18)(H,16,17). The third-order valence-electron chi connectivity index (χ3n) is 2.74. The molecule has 0 fully saturated rings. The average Bonchev–Trinajstić information content (AvgIpc) is 2.45. The maximum atomic E-state index is 12.0. The highest BCUT2D eigenvalue weighted by Crippen LogP contribution is 2.23. The Morgan fingerprint density at radius 2 is 2.10 bits per heavy atom. The monoisotopic (exact) mass is 296 g/mol. The maximum Gasteiger partial charge on any atom is 0.303 e. The van der Waals surface area contributed by atoms with Gasteiger partial charge in [0.05, 0.1) is 17.6 Å². The number of methoxy groups -OCH3 is 1. The molecule has 0 saturated carbocycles. The third kappa shape index (κ3) is 5.09. The Hall–Kier alpha value is -2.64. The molecule has 114 valence electrons. The molecular weight excluding hydrogens is 280 g/mol. The largest absolute Gasteiger partial charge is 0.496 e. The first-order valence-electron chi connectivity index (χ1n) is 6.28. The topological polar surface area (TPSA) is 119 Å². The van der Waals surface area contributed by atoms with Crippen LogP contribution in [0.1, 0.15) is 29.6 Å². The molecule has 8 nitrogen and oxygen atoms in total. The molecule has 0 aliphatic heterocycles. The van der Waals surface area contributed by atoms with Gasteiger partial charge in [0.2, 0.25) is 0 Å². The highest BCUT2D eigenvalue weighted by molar-refractivity contribution is 5.97. The summed E-state index contributed by atoms with van der Waals surface area (Å²) in [5.41, 5.74) is -0.128. The minimum absolute atomic E-state index is 0.0377. The zero-order valence-electron chi connectivity index (χ0n) is 11.5. The zero-order chi connectivity index (χ0) is 15.8. The lowest BCUT2D eigenvalue weighted by molar-refractivity contribution is -0.384. The lowest BCUT2D eigenvalue weighted by Gasteiger charge is -2.09. The SMILES string of the molecule is COc1ccc([N+](=O)[O-])cc1C(=O)NCCCCC(=O)O. The van der Waals surface area contributed by atoms with Gasteiger partial charge in [-0.05, 0) is 18.9 Å². The minimum Gasteiger partial charge on any atom is -0.496 e. The van der Waals surface area contributed by atoms with E-state index in [2.05, 4.69) is 5.32 Å². The number of nitro groups is 1. The second-order valence-corrected chi connectivity index (χ2v) is 4.25. The van der Waals surface area contributed by atoms with Crippen molar-refractivity contribution in [1.29, 1.82) is 0 Å². The number of nitrogens with zero attached hydrogens (tertiary/aromatic N) is 1. The van der Waals surface area contributed by atoms with Crippen molar-refractivity contribution in [3.8, 4) is 5.75 Å². The summed E-state index contributed by atoms with van der Waals surface area (Å²) < 4.78 is 5.00. The number of carbonyl (C=O) groups is 2. The van der Waals surface area contributed by atoms with E-state index in [1.54, 1.807) is 0 Å². The number of unbranched alkanes of at least 4 members (excludes halogenated alkanes) is 1. The van der Waals surface area contributed by atoms with Crippen LogP contribution < -0.4 is 10.1 Å². The third-order valence-corrected chi connectivity index (χ3v) is 2.74. The van der Waals surface area contributed by atoms with E-state index in [1.807, 2.05) is 0 Å². The molecule has 1 rings (SSSR count). The first kappa shape index (κ1) is 16.4. The van der Waals surface area contributed by atoms with Crippen LogP contribution in [-0.4, -0.2) is 35.6 Å². The van der Waals surface area contributed by atoms with Gasteiger partial charge in [-0.15, -0.1) is 0 Å². The van der Waals surface area contributed by atoms with Gasteiger partial charge < -0.3 is 15.2 Å². The summed E-state index contributed by atoms with van der Waals surface area (Å²) in [5, 5.41) is 21.8. The van der Waals surface area contributed by atoms with Crippen LogP contribution in [0.15, 0.2) is 18.2 Å². The summed E-state index contributed by atoms with van der Waals surface area (Å²) in [6.07, 6.45) is 0.993. The molecule has 1 aromatic rings. The summed E-state index contributed by atoms with van der Waals surface area (Å²) in [4.78, 5) is 32.4. The molecule has 0 aliphatic carbocycles. The van der Waals surface area contributed by atoms with Crippen molar-refractivity contribution in [2.75, 3.05) is 13.7 Å². The lowest BCUT2D eigenvalue weighted by Crippen LogP contribution is -2.25. The first-order chi connectivity index (χ1) is 9.95. The van der Waals surface area contributed by atoms with Crippen LogP contribution in [0.3, 0.4) is 0 Å². The number of nitro benzene ring substituents is 1. The second-order valence-electron chi connectivity index (χ2n) is 4.25. The molecule has 0 aromatic heterocycles. The normalized spacial score (nSPS) is 9.95. The molecule has 0 radical (unpaired) electrons. The number of amides is 1. The summed E-state index contributed by atoms with van der Waals surface area (Å²) in [7, 11) is 1.37. The summed E-state index contributed by atoms with van der Waals surface area (Å²) in [6, 6.07) is 3.76. The number of non-ortho nitro benzene ring substituents is 1. The van der Waals surface area contributed by atoms with E-state index < -0.39 is 16.8 Å². The van der Waals surface area contributed by atoms with Crippen molar-refractivity contribution < 1.29 is 24.4 Å². The maximum absolute atomic E-state index is 12.0. The van der Waals surface area contributed by atoms with Crippen LogP contribution in [0.5, 0.6) is 5.75 Å². The van der Waals surface area contributed by atoms with Gasteiger partial charge in [-0.25, -0.2) is 0 Å². The van der Waals surface area contributed by atoms with Crippen molar-refractivity contribution in [2.24, 2.45) is 0 Å². The Balaban J connectivity index is 2.65. The fraction of sp³-hybridized carbons (Fsp3) is 0.385. The summed E-state index contributed by atoms with van der Waals surface area (Å²) in [6.45, 7) is 0.290. The van der Waals surface area contributed by atoms with Gasteiger partial charge in [0.25, 0.3) is 11.6 Å². The second kappa shape index (κ2) is 7.83. The number of nitrogens with one attached hydrogen (secondary N) is 1. The molecule has 0 saturated heterocycles. The highest BCUT2D eigenvalue weighted by atomic mass is 16.6. The van der Waals surface area contributed by atoms with Crippen LogP contribution in [-0.2, 0) is 4.79 Å². The van der Waals surface area contributed by atoms with Crippen LogP contribution in [0.4, 0.5) is 5.69 Å². The summed E-state index contributed by atoms with van der Waals surface area (Å²) >= 11 is 0. The van der Waals surface area contributed by atoms with Gasteiger partial charge in [-0.3, -0.25) is 19.7 Å². The van der Waals surface area contributed by atoms with Gasteiger partial charge in [0.1, 0.15) is 5.75 Å². The molecule has 1 aromatic carbocycles. The number of carbonyl (C=O) groups excluding carboxylic acids is 1. The van der Waals surface area contributed by atoms with Gasteiger partial charge in [0.15, 0.2) is 0 Å². The average molecular weight is 296 g/mol. The van der Waals surface area contributed by atoms with Gasteiger partial charge in [-0.1, -0.05) is 0 Å². The van der Waals surface area contributed by atoms with Crippen molar-refractivity contribution in [1.82, 2.24) is 5.32 Å². The van der Waals surface area contributed by atoms with E-state index in [-0.39, 0.29) is 30.0 Å². The van der Waals surface area contributed by atoms with Crippen LogP contribution in [0.2, 0.25) is 0 Å². The Morgan fingerprint density at radius 1 is 1.38 bits per heavy atom. The first-order valence-corrected chi connectivity index (χ1v) is 6.28. The number of ether oxygens (including phenoxy) is 1. The van der Waals surface area contributed by atoms with Crippen LogP contribution in [0.25, 0.3) is 0 Å². The quantitative estimate of drug-likeness (QED) is 0.427. The van der Waals surface area contributed by atoms with Crippen molar-refractivity contribution in [3.05, 3.63) is 33.9 Å². The van der Waals surface area contributed by atoms with E-state index in [4.69, 9.17) is 9.84 Å². The van der Waals surface area contributed by atoms with Gasteiger partial charge >= 0.3 is 5.97 Å². The molecule has 1 amide bonds. The molecule has 2 N–H and O–H groups in total. The van der Waals surface area contributed by atoms with Crippen molar-refractivity contribution in [3.63, 3.8) is 0 Å². The Morgan fingerprint density at radius 3 is 2.67 bits per heavy atom. The highest BCUT2D eigenvalue weighted by Gasteiger charge is 2.17. The Kier molecular flexibility index (Phi) is 6.12. The van der Waals surface area contributed by atoms with E-state index in [0.717, 1.165) is 6.07 Å². The molecule has 0 bridgehead atoms. The Labute approximate surface area is 120 Å². The van der Waals surface area contributed by atoms with E-state index in [1.165, 1.54) is 19.2 Å². The van der Waals surface area contributed by atoms with Crippen molar-refractivity contribution in [2.45, 2.75) is 19.3 Å².